The van der Waals surface area contributed by atoms with Gasteiger partial charge in [-0.3, -0.25) is 14.4 Å². The zero-order chi connectivity index (χ0) is 32.7. The molecule has 244 valence electrons. The zero-order valence-corrected chi connectivity index (χ0v) is 25.5. The molecule has 5 rings (SSSR count). The molecule has 0 saturated heterocycles. The summed E-state index contributed by atoms with van der Waals surface area (Å²) in [6, 6.07) is 20.5. The van der Waals surface area contributed by atoms with Gasteiger partial charge in [-0.05, 0) is 90.5 Å². The predicted molar refractivity (Wildman–Crippen MR) is 166 cm³/mol. The van der Waals surface area contributed by atoms with Crippen molar-refractivity contribution in [2.45, 2.75) is 82.0 Å². The molecule has 2 fully saturated rings. The minimum atomic E-state index is -4.78. The highest BCUT2D eigenvalue weighted by Gasteiger charge is 2.36. The highest BCUT2D eigenvalue weighted by Crippen LogP contribution is 2.42. The van der Waals surface area contributed by atoms with Gasteiger partial charge in [0.2, 0.25) is 5.91 Å². The van der Waals surface area contributed by atoms with Crippen molar-refractivity contribution in [3.8, 4) is 5.75 Å². The van der Waals surface area contributed by atoms with Crippen LogP contribution < -0.4 is 15.4 Å². The van der Waals surface area contributed by atoms with Gasteiger partial charge in [-0.1, -0.05) is 67.8 Å². The van der Waals surface area contributed by atoms with Crippen molar-refractivity contribution < 1.29 is 37.4 Å². The number of hydrogen-bond acceptors (Lipinski definition) is 4. The van der Waals surface area contributed by atoms with Crippen LogP contribution >= 0.6 is 0 Å². The summed E-state index contributed by atoms with van der Waals surface area (Å²) in [5.74, 6) is -1.72. The second kappa shape index (κ2) is 14.8. The number of carboxylic acids is 1. The summed E-state index contributed by atoms with van der Waals surface area (Å²) in [5, 5.41) is 14.6. The number of rotatable bonds is 13. The molecule has 10 heteroatoms. The van der Waals surface area contributed by atoms with E-state index in [1.165, 1.54) is 37.0 Å². The minimum Gasteiger partial charge on any atom is -0.481 e. The maximum Gasteiger partial charge on any atom is 0.573 e. The summed E-state index contributed by atoms with van der Waals surface area (Å²) in [4.78, 5) is 37.2. The molecule has 2 atom stereocenters. The number of hydrogen-bond donors (Lipinski definition) is 3. The van der Waals surface area contributed by atoms with Crippen LogP contribution in [0.4, 0.5) is 13.2 Å². The van der Waals surface area contributed by atoms with Gasteiger partial charge < -0.3 is 20.5 Å². The third-order valence-corrected chi connectivity index (χ3v) is 8.88. The Hall–Kier alpha value is -4.34. The Labute approximate surface area is 266 Å². The normalized spacial score (nSPS) is 16.7. The number of aliphatic carboxylic acids is 1. The molecule has 2 unspecified atom stereocenters. The van der Waals surface area contributed by atoms with Gasteiger partial charge in [0.05, 0.1) is 18.4 Å². The van der Waals surface area contributed by atoms with E-state index in [0.717, 1.165) is 42.4 Å². The van der Waals surface area contributed by atoms with Gasteiger partial charge in [0, 0.05) is 12.1 Å². The summed E-state index contributed by atoms with van der Waals surface area (Å²) in [6.07, 6.45) is 3.25. The van der Waals surface area contributed by atoms with Gasteiger partial charge in [0.1, 0.15) is 5.75 Å². The van der Waals surface area contributed by atoms with Crippen molar-refractivity contribution >= 4 is 17.8 Å². The minimum absolute atomic E-state index is 0.0231. The number of carbonyl (C=O) groups excluding carboxylic acids is 2. The van der Waals surface area contributed by atoms with Gasteiger partial charge in [-0.25, -0.2) is 0 Å². The van der Waals surface area contributed by atoms with Crippen LogP contribution in [0.25, 0.3) is 0 Å². The Morgan fingerprint density at radius 3 is 2.04 bits per heavy atom. The topological polar surface area (TPSA) is 105 Å². The number of nitrogens with one attached hydrogen (secondary N) is 2. The monoisotopic (exact) mass is 636 g/mol. The van der Waals surface area contributed by atoms with Gasteiger partial charge in [-0.15, -0.1) is 13.2 Å². The van der Waals surface area contributed by atoms with Crippen LogP contribution in [0.1, 0.15) is 102 Å². The Kier molecular flexibility index (Phi) is 10.7. The van der Waals surface area contributed by atoms with Crippen molar-refractivity contribution in [2.75, 3.05) is 6.54 Å². The van der Waals surface area contributed by atoms with Gasteiger partial charge in [0.25, 0.3) is 5.91 Å². The molecule has 3 aromatic rings. The summed E-state index contributed by atoms with van der Waals surface area (Å²) in [6.45, 7) is 0.0231. The number of ether oxygens (including phenoxy) is 1. The Bertz CT molecular complexity index is 1480. The van der Waals surface area contributed by atoms with Crippen LogP contribution in [0.3, 0.4) is 0 Å². The van der Waals surface area contributed by atoms with E-state index in [1.807, 2.05) is 12.1 Å². The zero-order valence-electron chi connectivity index (χ0n) is 25.5. The van der Waals surface area contributed by atoms with E-state index in [1.54, 1.807) is 36.4 Å². The highest BCUT2D eigenvalue weighted by atomic mass is 19.4. The van der Waals surface area contributed by atoms with Crippen LogP contribution in [0.15, 0.2) is 72.8 Å². The number of halogens is 3. The SMILES string of the molecule is O=C(O)CCNC(=O)c1ccc(CC(C(=O)NC(c2ccc(OC(F)(F)F)cc2)C2CC2)c2ccc(C3CCCCC3)cc2)cc1. The number of alkyl halides is 3. The van der Waals surface area contributed by atoms with Gasteiger partial charge in [0.15, 0.2) is 0 Å². The van der Waals surface area contributed by atoms with Crippen molar-refractivity contribution in [1.82, 2.24) is 10.6 Å². The summed E-state index contributed by atoms with van der Waals surface area (Å²) < 4.78 is 42.1. The van der Waals surface area contributed by atoms with Crippen LogP contribution in [0.5, 0.6) is 5.75 Å². The Balaban J connectivity index is 1.34. The molecular weight excluding hydrogens is 597 g/mol. The molecule has 0 aromatic heterocycles. The molecule has 46 heavy (non-hydrogen) atoms. The number of amides is 2. The lowest BCUT2D eigenvalue weighted by Crippen LogP contribution is -2.35. The maximum atomic E-state index is 14.1. The first-order chi connectivity index (χ1) is 22.1. The van der Waals surface area contributed by atoms with E-state index in [9.17, 15) is 27.6 Å². The molecule has 2 amide bonds. The largest absolute Gasteiger partial charge is 0.573 e. The molecule has 3 N–H and O–H groups in total. The van der Waals surface area contributed by atoms with E-state index >= 15 is 0 Å². The lowest BCUT2D eigenvalue weighted by Gasteiger charge is -2.25. The first kappa shape index (κ1) is 33.0. The number of carbonyl (C=O) groups is 3. The van der Waals surface area contributed by atoms with Crippen LogP contribution in [-0.2, 0) is 16.0 Å². The van der Waals surface area contributed by atoms with E-state index in [4.69, 9.17) is 5.11 Å². The fraction of sp³-hybridized carbons (Fsp3) is 0.417. The fourth-order valence-corrected chi connectivity index (χ4v) is 6.24. The predicted octanol–water partition coefficient (Wildman–Crippen LogP) is 7.43. The maximum absolute atomic E-state index is 14.1. The molecule has 0 heterocycles. The molecule has 3 aromatic carbocycles. The summed E-state index contributed by atoms with van der Waals surface area (Å²) in [5.41, 5.74) is 4.08. The average molecular weight is 637 g/mol. The molecule has 2 aliphatic carbocycles. The van der Waals surface area contributed by atoms with Crippen molar-refractivity contribution in [3.05, 3.63) is 101 Å². The molecule has 0 bridgehead atoms. The lowest BCUT2D eigenvalue weighted by molar-refractivity contribution is -0.274. The molecular formula is C36H39F3N2O5. The van der Waals surface area contributed by atoms with E-state index < -0.39 is 18.2 Å². The van der Waals surface area contributed by atoms with Crippen LogP contribution in [0.2, 0.25) is 0 Å². The van der Waals surface area contributed by atoms with E-state index in [0.29, 0.717) is 17.9 Å². The summed E-state index contributed by atoms with van der Waals surface area (Å²) in [7, 11) is 0. The second-order valence-electron chi connectivity index (χ2n) is 12.3. The second-order valence-corrected chi connectivity index (χ2v) is 12.3. The first-order valence-corrected chi connectivity index (χ1v) is 15.9. The van der Waals surface area contributed by atoms with Gasteiger partial charge >= 0.3 is 12.3 Å². The fourth-order valence-electron chi connectivity index (χ4n) is 6.24. The van der Waals surface area contributed by atoms with Crippen LogP contribution in [-0.4, -0.2) is 35.8 Å². The lowest BCUT2D eigenvalue weighted by atomic mass is 9.82. The number of carboxylic acid groups (broad SMARTS) is 1. The standard InChI is InChI=1S/C36H39F3N2O5/c37-36(38,39)46-30-18-16-28(17-19-30)33(27-14-15-27)41-35(45)31(26-12-10-25(11-13-26)24-4-2-1-3-5-24)22-23-6-8-29(9-7-23)34(44)40-21-20-32(42)43/h6-13,16-19,24,27,31,33H,1-5,14-15,20-22H2,(H,40,44)(H,41,45)(H,42,43). The Morgan fingerprint density at radius 2 is 1.46 bits per heavy atom. The quantitative estimate of drug-likeness (QED) is 0.181. The first-order valence-electron chi connectivity index (χ1n) is 15.9. The molecule has 0 aliphatic heterocycles. The number of benzene rings is 3. The smallest absolute Gasteiger partial charge is 0.481 e. The van der Waals surface area contributed by atoms with Crippen molar-refractivity contribution in [2.24, 2.45) is 5.92 Å². The molecule has 2 aliphatic rings. The molecule has 2 saturated carbocycles. The average Bonchev–Trinajstić information content (AvgIpc) is 3.88. The van der Waals surface area contributed by atoms with Crippen LogP contribution in [0, 0.1) is 5.92 Å². The van der Waals surface area contributed by atoms with E-state index in [2.05, 4.69) is 27.5 Å². The Morgan fingerprint density at radius 1 is 0.826 bits per heavy atom. The van der Waals surface area contributed by atoms with Crippen molar-refractivity contribution in [1.29, 1.82) is 0 Å². The third-order valence-electron chi connectivity index (χ3n) is 8.88. The molecule has 0 spiro atoms. The summed E-state index contributed by atoms with van der Waals surface area (Å²) >= 11 is 0. The van der Waals surface area contributed by atoms with Crippen molar-refractivity contribution in [3.63, 3.8) is 0 Å². The third kappa shape index (κ3) is 9.34. The molecule has 7 nitrogen and oxygen atoms in total. The van der Waals surface area contributed by atoms with Gasteiger partial charge in [-0.2, -0.15) is 0 Å². The van der Waals surface area contributed by atoms with E-state index in [-0.39, 0.29) is 42.5 Å². The highest BCUT2D eigenvalue weighted by molar-refractivity contribution is 5.94. The molecule has 0 radical (unpaired) electrons.